The van der Waals surface area contributed by atoms with Crippen LogP contribution < -0.4 is 5.32 Å². The van der Waals surface area contributed by atoms with Crippen molar-refractivity contribution in [1.82, 2.24) is 10.2 Å². The van der Waals surface area contributed by atoms with Gasteiger partial charge in [0.15, 0.2) is 0 Å². The van der Waals surface area contributed by atoms with E-state index in [2.05, 4.69) is 51.8 Å². The fourth-order valence-electron chi connectivity index (χ4n) is 2.28. The highest BCUT2D eigenvalue weighted by atomic mass is 15.2. The van der Waals surface area contributed by atoms with Gasteiger partial charge in [-0.3, -0.25) is 4.90 Å². The fraction of sp³-hybridized carbons (Fsp3) is 1.00. The monoisotopic (exact) mass is 226 g/mol. The maximum absolute atomic E-state index is 3.52. The zero-order valence-corrected chi connectivity index (χ0v) is 12.0. The Hall–Kier alpha value is -0.0800. The predicted octanol–water partition coefficient (Wildman–Crippen LogP) is 2.60. The second kappa shape index (κ2) is 5.50. The first kappa shape index (κ1) is 14.0. The molecule has 96 valence electrons. The Morgan fingerprint density at radius 2 is 1.88 bits per heavy atom. The van der Waals surface area contributed by atoms with Crippen LogP contribution >= 0.6 is 0 Å². The zero-order chi connectivity index (χ0) is 12.3. The Morgan fingerprint density at radius 1 is 1.25 bits per heavy atom. The molecule has 0 aromatic carbocycles. The Bertz CT molecular complexity index is 205. The highest BCUT2D eigenvalue weighted by Crippen LogP contribution is 2.27. The molecule has 2 nitrogen and oxygen atoms in total. The molecule has 1 heterocycles. The van der Waals surface area contributed by atoms with Gasteiger partial charge >= 0.3 is 0 Å². The lowest BCUT2D eigenvalue weighted by Crippen LogP contribution is -2.55. The molecule has 1 aliphatic rings. The van der Waals surface area contributed by atoms with Crippen molar-refractivity contribution in [3.63, 3.8) is 0 Å². The molecule has 0 amide bonds. The number of piperazine rings is 1. The second-order valence-corrected chi connectivity index (χ2v) is 6.78. The van der Waals surface area contributed by atoms with Crippen molar-refractivity contribution in [2.45, 2.75) is 47.6 Å². The van der Waals surface area contributed by atoms with E-state index in [1.165, 1.54) is 13.1 Å². The average molecular weight is 226 g/mol. The summed E-state index contributed by atoms with van der Waals surface area (Å²) in [6, 6.07) is 0.721. The summed E-state index contributed by atoms with van der Waals surface area (Å²) in [4.78, 5) is 2.69. The van der Waals surface area contributed by atoms with Gasteiger partial charge in [0, 0.05) is 32.2 Å². The number of rotatable bonds is 3. The molecule has 0 spiro atoms. The van der Waals surface area contributed by atoms with Crippen LogP contribution in [0.4, 0.5) is 0 Å². The number of hydrogen-bond donors (Lipinski definition) is 1. The van der Waals surface area contributed by atoms with Crippen LogP contribution in [-0.2, 0) is 0 Å². The average Bonchev–Trinajstić information content (AvgIpc) is 2.16. The van der Waals surface area contributed by atoms with E-state index in [9.17, 15) is 0 Å². The van der Waals surface area contributed by atoms with Crippen molar-refractivity contribution in [3.8, 4) is 0 Å². The van der Waals surface area contributed by atoms with Crippen LogP contribution in [0, 0.1) is 17.3 Å². The summed E-state index contributed by atoms with van der Waals surface area (Å²) in [6.07, 6.45) is 0. The van der Waals surface area contributed by atoms with Crippen LogP contribution in [-0.4, -0.2) is 37.1 Å². The van der Waals surface area contributed by atoms with Crippen molar-refractivity contribution in [2.75, 3.05) is 26.2 Å². The van der Waals surface area contributed by atoms with Gasteiger partial charge in [-0.25, -0.2) is 0 Å². The molecule has 2 atom stereocenters. The maximum Gasteiger partial charge on any atom is 0.0244 e. The van der Waals surface area contributed by atoms with E-state index >= 15 is 0 Å². The van der Waals surface area contributed by atoms with Crippen LogP contribution in [0.3, 0.4) is 0 Å². The molecule has 0 aromatic rings. The molecule has 0 aliphatic carbocycles. The maximum atomic E-state index is 3.52. The summed E-state index contributed by atoms with van der Waals surface area (Å²) in [7, 11) is 0. The standard InChI is InChI=1S/C14H30N2/c1-11(2)13-9-15-7-8-16(13)10-12(3)14(4,5)6/h11-13,15H,7-10H2,1-6H3. The van der Waals surface area contributed by atoms with E-state index in [-0.39, 0.29) is 0 Å². The fourth-order valence-corrected chi connectivity index (χ4v) is 2.28. The van der Waals surface area contributed by atoms with Crippen molar-refractivity contribution >= 4 is 0 Å². The smallest absolute Gasteiger partial charge is 0.0244 e. The molecule has 16 heavy (non-hydrogen) atoms. The van der Waals surface area contributed by atoms with Crippen LogP contribution in [0.15, 0.2) is 0 Å². The number of nitrogens with zero attached hydrogens (tertiary/aromatic N) is 1. The van der Waals surface area contributed by atoms with Crippen molar-refractivity contribution < 1.29 is 0 Å². The minimum Gasteiger partial charge on any atom is -0.314 e. The van der Waals surface area contributed by atoms with Gasteiger partial charge in [-0.2, -0.15) is 0 Å². The highest BCUT2D eigenvalue weighted by Gasteiger charge is 2.29. The zero-order valence-electron chi connectivity index (χ0n) is 12.0. The summed E-state index contributed by atoms with van der Waals surface area (Å²) in [5, 5.41) is 3.52. The normalized spacial score (nSPS) is 26.1. The Balaban J connectivity index is 2.56. The SMILES string of the molecule is CC(C)C1CNCCN1CC(C)C(C)(C)C. The summed E-state index contributed by atoms with van der Waals surface area (Å²) in [5.41, 5.74) is 0.423. The third-order valence-corrected chi connectivity index (χ3v) is 4.15. The van der Waals surface area contributed by atoms with E-state index in [1.54, 1.807) is 0 Å². The van der Waals surface area contributed by atoms with Gasteiger partial charge in [0.25, 0.3) is 0 Å². The second-order valence-electron chi connectivity index (χ2n) is 6.78. The molecular formula is C14H30N2. The molecule has 2 unspecified atom stereocenters. The summed E-state index contributed by atoms with van der Waals surface area (Å²) < 4.78 is 0. The molecule has 0 saturated carbocycles. The molecule has 1 aliphatic heterocycles. The molecular weight excluding hydrogens is 196 g/mol. The first-order valence-electron chi connectivity index (χ1n) is 6.77. The molecule has 1 N–H and O–H groups in total. The van der Waals surface area contributed by atoms with Gasteiger partial charge in [-0.1, -0.05) is 41.5 Å². The van der Waals surface area contributed by atoms with Gasteiger partial charge in [-0.05, 0) is 17.3 Å². The topological polar surface area (TPSA) is 15.3 Å². The third kappa shape index (κ3) is 3.74. The van der Waals surface area contributed by atoms with E-state index in [1.807, 2.05) is 0 Å². The van der Waals surface area contributed by atoms with Gasteiger partial charge in [0.1, 0.15) is 0 Å². The summed E-state index contributed by atoms with van der Waals surface area (Å²) in [5.74, 6) is 1.51. The Kier molecular flexibility index (Phi) is 4.81. The van der Waals surface area contributed by atoms with Crippen molar-refractivity contribution in [1.29, 1.82) is 0 Å². The molecule has 2 heteroatoms. The minimum absolute atomic E-state index is 0.423. The first-order chi connectivity index (χ1) is 7.32. The highest BCUT2D eigenvalue weighted by molar-refractivity contribution is 4.84. The molecule has 1 fully saturated rings. The minimum atomic E-state index is 0.423. The lowest BCUT2D eigenvalue weighted by Gasteiger charge is -2.42. The van der Waals surface area contributed by atoms with Crippen molar-refractivity contribution in [2.24, 2.45) is 17.3 Å². The largest absolute Gasteiger partial charge is 0.314 e. The number of nitrogens with one attached hydrogen (secondary N) is 1. The number of hydrogen-bond acceptors (Lipinski definition) is 2. The van der Waals surface area contributed by atoms with E-state index in [0.717, 1.165) is 31.0 Å². The van der Waals surface area contributed by atoms with Crippen LogP contribution in [0.2, 0.25) is 0 Å². The molecule has 1 saturated heterocycles. The molecule has 1 rings (SSSR count). The predicted molar refractivity (Wildman–Crippen MR) is 71.7 cm³/mol. The van der Waals surface area contributed by atoms with E-state index < -0.39 is 0 Å². The quantitative estimate of drug-likeness (QED) is 0.796. The third-order valence-electron chi connectivity index (χ3n) is 4.15. The van der Waals surface area contributed by atoms with Crippen molar-refractivity contribution in [3.05, 3.63) is 0 Å². The lowest BCUT2D eigenvalue weighted by atomic mass is 9.81. The van der Waals surface area contributed by atoms with Gasteiger partial charge in [0.2, 0.25) is 0 Å². The lowest BCUT2D eigenvalue weighted by molar-refractivity contribution is 0.0799. The molecule has 0 bridgehead atoms. The Labute approximate surface area is 102 Å². The van der Waals surface area contributed by atoms with Gasteiger partial charge < -0.3 is 5.32 Å². The van der Waals surface area contributed by atoms with Crippen LogP contribution in [0.1, 0.15) is 41.5 Å². The molecule has 0 aromatic heterocycles. The van der Waals surface area contributed by atoms with Crippen LogP contribution in [0.25, 0.3) is 0 Å². The van der Waals surface area contributed by atoms with Gasteiger partial charge in [0.05, 0.1) is 0 Å². The van der Waals surface area contributed by atoms with Crippen LogP contribution in [0.5, 0.6) is 0 Å². The van der Waals surface area contributed by atoms with Gasteiger partial charge in [-0.15, -0.1) is 0 Å². The molecule has 0 radical (unpaired) electrons. The first-order valence-corrected chi connectivity index (χ1v) is 6.77. The van der Waals surface area contributed by atoms with E-state index in [4.69, 9.17) is 0 Å². The Morgan fingerprint density at radius 3 is 2.38 bits per heavy atom. The summed E-state index contributed by atoms with van der Waals surface area (Å²) >= 11 is 0. The van der Waals surface area contributed by atoms with E-state index in [0.29, 0.717) is 5.41 Å². The summed E-state index contributed by atoms with van der Waals surface area (Å²) in [6.45, 7) is 18.9.